The molecule has 25 heavy (non-hydrogen) atoms. The van der Waals surface area contributed by atoms with Crippen LogP contribution in [0, 0.1) is 5.82 Å². The summed E-state index contributed by atoms with van der Waals surface area (Å²) in [6, 6.07) is 10.3. The summed E-state index contributed by atoms with van der Waals surface area (Å²) in [6.45, 7) is 2.16. The van der Waals surface area contributed by atoms with Gasteiger partial charge in [0.25, 0.3) is 0 Å². The van der Waals surface area contributed by atoms with Crippen LogP contribution < -0.4 is 0 Å². The molecule has 0 unspecified atom stereocenters. The zero-order chi connectivity index (χ0) is 17.6. The molecular formula is C20H23FN2O2. The van der Waals surface area contributed by atoms with Crippen molar-refractivity contribution in [1.82, 2.24) is 9.80 Å². The van der Waals surface area contributed by atoms with Gasteiger partial charge < -0.3 is 14.2 Å². The number of nitrogens with zero attached hydrogens (tertiary/aromatic N) is 2. The fraction of sp³-hybridized carbons (Fsp3) is 0.350. The van der Waals surface area contributed by atoms with Gasteiger partial charge in [0.2, 0.25) is 5.91 Å². The van der Waals surface area contributed by atoms with Crippen molar-refractivity contribution in [3.8, 4) is 0 Å². The van der Waals surface area contributed by atoms with Crippen LogP contribution in [0.15, 0.2) is 53.2 Å². The minimum absolute atomic E-state index is 0.115. The fourth-order valence-corrected chi connectivity index (χ4v) is 3.14. The van der Waals surface area contributed by atoms with Crippen molar-refractivity contribution < 1.29 is 13.6 Å². The third-order valence-corrected chi connectivity index (χ3v) is 4.64. The molecular weight excluding hydrogens is 319 g/mol. The SMILES string of the molecule is CN1CCC(N(Cc2ccccc2F)C(=O)/C=C/c2ccco2)CC1. The molecule has 0 radical (unpaired) electrons. The van der Waals surface area contributed by atoms with E-state index in [0.29, 0.717) is 11.3 Å². The highest BCUT2D eigenvalue weighted by Crippen LogP contribution is 2.20. The lowest BCUT2D eigenvalue weighted by Crippen LogP contribution is -2.45. The first-order valence-corrected chi connectivity index (χ1v) is 8.57. The number of carbonyl (C=O) groups is 1. The summed E-state index contributed by atoms with van der Waals surface area (Å²) in [4.78, 5) is 16.8. The number of rotatable bonds is 5. The Labute approximate surface area is 147 Å². The van der Waals surface area contributed by atoms with Gasteiger partial charge >= 0.3 is 0 Å². The van der Waals surface area contributed by atoms with Crippen LogP contribution in [0.3, 0.4) is 0 Å². The van der Waals surface area contributed by atoms with Gasteiger partial charge in [-0.1, -0.05) is 18.2 Å². The van der Waals surface area contributed by atoms with Crippen molar-refractivity contribution in [2.45, 2.75) is 25.4 Å². The van der Waals surface area contributed by atoms with Crippen molar-refractivity contribution in [3.63, 3.8) is 0 Å². The van der Waals surface area contributed by atoms with Gasteiger partial charge in [-0.15, -0.1) is 0 Å². The van der Waals surface area contributed by atoms with E-state index in [1.165, 1.54) is 12.1 Å². The van der Waals surface area contributed by atoms with Crippen molar-refractivity contribution in [2.75, 3.05) is 20.1 Å². The molecule has 1 saturated heterocycles. The van der Waals surface area contributed by atoms with E-state index in [4.69, 9.17) is 4.42 Å². The third-order valence-electron chi connectivity index (χ3n) is 4.64. The summed E-state index contributed by atoms with van der Waals surface area (Å²) in [5, 5.41) is 0. The second-order valence-corrected chi connectivity index (χ2v) is 6.44. The smallest absolute Gasteiger partial charge is 0.247 e. The zero-order valence-electron chi connectivity index (χ0n) is 14.4. The molecule has 3 rings (SSSR count). The van der Waals surface area contributed by atoms with E-state index in [-0.39, 0.29) is 24.3 Å². The van der Waals surface area contributed by atoms with Crippen LogP contribution in [0.1, 0.15) is 24.2 Å². The molecule has 0 bridgehead atoms. The maximum Gasteiger partial charge on any atom is 0.247 e. The summed E-state index contributed by atoms with van der Waals surface area (Å²) < 4.78 is 19.3. The summed E-state index contributed by atoms with van der Waals surface area (Å²) >= 11 is 0. The Hall–Kier alpha value is -2.40. The van der Waals surface area contributed by atoms with Gasteiger partial charge in [0, 0.05) is 24.2 Å². The Morgan fingerprint density at radius 2 is 2.04 bits per heavy atom. The van der Waals surface area contributed by atoms with Gasteiger partial charge in [0.1, 0.15) is 11.6 Å². The Bertz CT molecular complexity index is 719. The van der Waals surface area contributed by atoms with Gasteiger partial charge in [0.15, 0.2) is 0 Å². The van der Waals surface area contributed by atoms with E-state index in [9.17, 15) is 9.18 Å². The van der Waals surface area contributed by atoms with E-state index >= 15 is 0 Å². The quantitative estimate of drug-likeness (QED) is 0.780. The standard InChI is InChI=1S/C20H23FN2O2/c1-22-12-10-17(11-13-22)23(15-16-5-2-3-7-19(16)21)20(24)9-8-18-6-4-14-25-18/h2-9,14,17H,10-13,15H2,1H3/b9-8+. The summed E-state index contributed by atoms with van der Waals surface area (Å²) in [6.07, 6.45) is 6.53. The Kier molecular flexibility index (Phi) is 5.66. The maximum absolute atomic E-state index is 14.1. The number of furan rings is 1. The lowest BCUT2D eigenvalue weighted by Gasteiger charge is -2.37. The van der Waals surface area contributed by atoms with E-state index in [0.717, 1.165) is 25.9 Å². The molecule has 2 aromatic rings. The molecule has 1 amide bonds. The lowest BCUT2D eigenvalue weighted by molar-refractivity contribution is -0.129. The molecule has 1 aliphatic heterocycles. The Balaban J connectivity index is 1.78. The summed E-state index contributed by atoms with van der Waals surface area (Å²) in [5.41, 5.74) is 0.543. The van der Waals surface area contributed by atoms with Crippen molar-refractivity contribution in [3.05, 3.63) is 65.9 Å². The largest absolute Gasteiger partial charge is 0.465 e. The van der Waals surface area contributed by atoms with Gasteiger partial charge in [-0.2, -0.15) is 0 Å². The molecule has 2 heterocycles. The molecule has 1 aromatic carbocycles. The fourth-order valence-electron chi connectivity index (χ4n) is 3.14. The summed E-state index contributed by atoms with van der Waals surface area (Å²) in [7, 11) is 2.08. The molecule has 5 heteroatoms. The molecule has 1 aliphatic rings. The number of hydrogen-bond donors (Lipinski definition) is 0. The normalized spacial score (nSPS) is 16.4. The number of amides is 1. The van der Waals surface area contributed by atoms with E-state index in [2.05, 4.69) is 11.9 Å². The predicted molar refractivity (Wildman–Crippen MR) is 95.2 cm³/mol. The molecule has 0 spiro atoms. The highest BCUT2D eigenvalue weighted by Gasteiger charge is 2.26. The van der Waals surface area contributed by atoms with E-state index in [1.54, 1.807) is 47.6 Å². The Morgan fingerprint density at radius 1 is 1.28 bits per heavy atom. The molecule has 4 nitrogen and oxygen atoms in total. The van der Waals surface area contributed by atoms with Gasteiger partial charge in [-0.05, 0) is 57.3 Å². The molecule has 0 aliphatic carbocycles. The van der Waals surface area contributed by atoms with Crippen LogP contribution in [-0.2, 0) is 11.3 Å². The number of hydrogen-bond acceptors (Lipinski definition) is 3. The Morgan fingerprint density at radius 3 is 2.72 bits per heavy atom. The summed E-state index contributed by atoms with van der Waals surface area (Å²) in [5.74, 6) is 0.236. The number of piperidine rings is 1. The van der Waals surface area contributed by atoms with Crippen LogP contribution in [0.5, 0.6) is 0 Å². The monoisotopic (exact) mass is 342 g/mol. The third kappa shape index (κ3) is 4.57. The van der Waals surface area contributed by atoms with Crippen molar-refractivity contribution in [2.24, 2.45) is 0 Å². The number of carbonyl (C=O) groups excluding carboxylic acids is 1. The van der Waals surface area contributed by atoms with Gasteiger partial charge in [-0.3, -0.25) is 4.79 Å². The molecule has 1 fully saturated rings. The van der Waals surface area contributed by atoms with Crippen LogP contribution in [-0.4, -0.2) is 41.9 Å². The molecule has 132 valence electrons. The van der Waals surface area contributed by atoms with Gasteiger partial charge in [0.05, 0.1) is 6.26 Å². The first kappa shape index (κ1) is 17.4. The predicted octanol–water partition coefficient (Wildman–Crippen LogP) is 3.55. The van der Waals surface area contributed by atoms with Crippen molar-refractivity contribution >= 4 is 12.0 Å². The molecule has 1 aromatic heterocycles. The van der Waals surface area contributed by atoms with Crippen LogP contribution in [0.25, 0.3) is 6.08 Å². The maximum atomic E-state index is 14.1. The van der Waals surface area contributed by atoms with Gasteiger partial charge in [-0.25, -0.2) is 4.39 Å². The lowest BCUT2D eigenvalue weighted by atomic mass is 10.0. The van der Waals surface area contributed by atoms with Crippen molar-refractivity contribution in [1.29, 1.82) is 0 Å². The molecule has 0 saturated carbocycles. The van der Waals surface area contributed by atoms with E-state index in [1.807, 2.05) is 0 Å². The molecule has 0 N–H and O–H groups in total. The van der Waals surface area contributed by atoms with Crippen LogP contribution in [0.4, 0.5) is 4.39 Å². The van der Waals surface area contributed by atoms with Crippen LogP contribution in [0.2, 0.25) is 0 Å². The number of benzene rings is 1. The zero-order valence-corrected chi connectivity index (χ0v) is 14.4. The second-order valence-electron chi connectivity index (χ2n) is 6.44. The average Bonchev–Trinajstić information content (AvgIpc) is 3.13. The minimum Gasteiger partial charge on any atom is -0.465 e. The average molecular weight is 342 g/mol. The first-order chi connectivity index (χ1) is 12.1. The number of likely N-dealkylation sites (tertiary alicyclic amines) is 1. The second kappa shape index (κ2) is 8.12. The number of halogens is 1. The van der Waals surface area contributed by atoms with Crippen LogP contribution >= 0.6 is 0 Å². The highest BCUT2D eigenvalue weighted by molar-refractivity contribution is 5.91. The van der Waals surface area contributed by atoms with E-state index < -0.39 is 0 Å². The topological polar surface area (TPSA) is 36.7 Å². The highest BCUT2D eigenvalue weighted by atomic mass is 19.1. The molecule has 0 atom stereocenters. The first-order valence-electron chi connectivity index (χ1n) is 8.57. The minimum atomic E-state index is -0.275.